The molecule has 0 spiro atoms. The Balaban J connectivity index is 1.86. The molecule has 112 valence electrons. The summed E-state index contributed by atoms with van der Waals surface area (Å²) in [5, 5.41) is 11.5. The molecule has 2 aromatic rings. The third-order valence-electron chi connectivity index (χ3n) is 2.23. The number of carbonyl (C=O) groups is 1. The Labute approximate surface area is 142 Å². The third kappa shape index (κ3) is 5.03. The number of benzene rings is 1. The Morgan fingerprint density at radius 3 is 2.90 bits per heavy atom. The second kappa shape index (κ2) is 7.83. The van der Waals surface area contributed by atoms with E-state index >= 15 is 0 Å². The van der Waals surface area contributed by atoms with E-state index in [1.807, 2.05) is 12.1 Å². The summed E-state index contributed by atoms with van der Waals surface area (Å²) in [6.07, 6.45) is 0. The first-order valence-corrected chi connectivity index (χ1v) is 8.17. The normalized spacial score (nSPS) is 10.4. The molecule has 0 fully saturated rings. The summed E-state index contributed by atoms with van der Waals surface area (Å²) < 4.78 is 12.1. The van der Waals surface area contributed by atoms with Gasteiger partial charge in [-0.05, 0) is 34.1 Å². The molecule has 0 bridgehead atoms. The fourth-order valence-corrected chi connectivity index (χ4v) is 3.27. The van der Waals surface area contributed by atoms with E-state index in [2.05, 4.69) is 47.4 Å². The van der Waals surface area contributed by atoms with Crippen molar-refractivity contribution in [2.24, 2.45) is 0 Å². The predicted octanol–water partition coefficient (Wildman–Crippen LogP) is 3.23. The van der Waals surface area contributed by atoms with Crippen LogP contribution in [0.2, 0.25) is 0 Å². The lowest BCUT2D eigenvalue weighted by Gasteiger charge is -2.07. The molecule has 6 nitrogen and oxygen atoms in total. The monoisotopic (exact) mass is 435 g/mol. The van der Waals surface area contributed by atoms with Crippen molar-refractivity contribution in [1.82, 2.24) is 10.2 Å². The lowest BCUT2D eigenvalue weighted by Crippen LogP contribution is -2.20. The molecule has 0 saturated heterocycles. The van der Waals surface area contributed by atoms with Gasteiger partial charge in [-0.3, -0.25) is 10.1 Å². The van der Waals surface area contributed by atoms with Gasteiger partial charge >= 0.3 is 0 Å². The highest BCUT2D eigenvalue weighted by Gasteiger charge is 2.10. The van der Waals surface area contributed by atoms with E-state index in [0.29, 0.717) is 22.5 Å². The van der Waals surface area contributed by atoms with Crippen LogP contribution in [0.4, 0.5) is 5.13 Å². The molecule has 0 unspecified atom stereocenters. The molecule has 0 atom stereocenters. The second-order valence-electron chi connectivity index (χ2n) is 3.85. The zero-order valence-electron chi connectivity index (χ0n) is 10.9. The highest BCUT2D eigenvalue weighted by Crippen LogP contribution is 2.28. The van der Waals surface area contributed by atoms with Crippen LogP contribution in [0.25, 0.3) is 0 Å². The van der Waals surface area contributed by atoms with E-state index in [1.54, 1.807) is 13.2 Å². The molecule has 0 aliphatic rings. The van der Waals surface area contributed by atoms with Gasteiger partial charge in [0.15, 0.2) is 6.61 Å². The van der Waals surface area contributed by atoms with Gasteiger partial charge in [-0.15, -0.1) is 10.2 Å². The topological polar surface area (TPSA) is 73.3 Å². The number of anilines is 1. The first-order valence-electron chi connectivity index (χ1n) is 5.77. The number of hydrogen-bond donors (Lipinski definition) is 1. The van der Waals surface area contributed by atoms with Crippen LogP contribution in [0.1, 0.15) is 5.01 Å². The Bertz CT molecular complexity index is 636. The molecule has 0 radical (unpaired) electrons. The Morgan fingerprint density at radius 2 is 2.19 bits per heavy atom. The SMILES string of the molecule is COCc1nnc(NC(=O)COc2ccc(Br)cc2Br)s1. The van der Waals surface area contributed by atoms with Gasteiger partial charge in [0.05, 0.1) is 4.47 Å². The second-order valence-corrected chi connectivity index (χ2v) is 6.68. The summed E-state index contributed by atoms with van der Waals surface area (Å²) in [4.78, 5) is 11.8. The number of methoxy groups -OCH3 is 1. The van der Waals surface area contributed by atoms with Gasteiger partial charge in [0, 0.05) is 11.6 Å². The van der Waals surface area contributed by atoms with Crippen molar-refractivity contribution in [2.75, 3.05) is 19.0 Å². The van der Waals surface area contributed by atoms with E-state index in [4.69, 9.17) is 9.47 Å². The Kier molecular flexibility index (Phi) is 6.09. The molecule has 0 aliphatic carbocycles. The number of halogens is 2. The largest absolute Gasteiger partial charge is 0.483 e. The van der Waals surface area contributed by atoms with E-state index in [-0.39, 0.29) is 12.5 Å². The lowest BCUT2D eigenvalue weighted by atomic mass is 10.3. The minimum absolute atomic E-state index is 0.112. The predicted molar refractivity (Wildman–Crippen MR) is 86.6 cm³/mol. The van der Waals surface area contributed by atoms with Gasteiger partial charge in [0.25, 0.3) is 5.91 Å². The number of ether oxygens (including phenoxy) is 2. The first-order chi connectivity index (χ1) is 10.1. The number of amides is 1. The average molecular weight is 437 g/mol. The Morgan fingerprint density at radius 1 is 1.38 bits per heavy atom. The lowest BCUT2D eigenvalue weighted by molar-refractivity contribution is -0.118. The van der Waals surface area contributed by atoms with E-state index in [9.17, 15) is 4.79 Å². The number of aromatic nitrogens is 2. The summed E-state index contributed by atoms with van der Waals surface area (Å²) in [6, 6.07) is 5.44. The third-order valence-corrected chi connectivity index (χ3v) is 4.16. The smallest absolute Gasteiger partial charge is 0.264 e. The highest BCUT2D eigenvalue weighted by molar-refractivity contribution is 9.11. The molecule has 0 aliphatic heterocycles. The van der Waals surface area contributed by atoms with Gasteiger partial charge in [-0.2, -0.15) is 0 Å². The quantitative estimate of drug-likeness (QED) is 0.752. The van der Waals surface area contributed by atoms with Crippen molar-refractivity contribution < 1.29 is 14.3 Å². The zero-order valence-corrected chi connectivity index (χ0v) is 14.9. The average Bonchev–Trinajstić information content (AvgIpc) is 2.85. The van der Waals surface area contributed by atoms with Crippen molar-refractivity contribution >= 4 is 54.2 Å². The number of hydrogen-bond acceptors (Lipinski definition) is 6. The van der Waals surface area contributed by atoms with Crippen LogP contribution in [0.15, 0.2) is 27.1 Å². The van der Waals surface area contributed by atoms with Crippen molar-refractivity contribution in [3.05, 3.63) is 32.2 Å². The molecular formula is C12H11Br2N3O3S. The fourth-order valence-electron chi connectivity index (χ4n) is 1.38. The number of nitrogens with one attached hydrogen (secondary N) is 1. The van der Waals surface area contributed by atoms with Gasteiger partial charge in [0.1, 0.15) is 17.4 Å². The van der Waals surface area contributed by atoms with E-state index in [1.165, 1.54) is 11.3 Å². The van der Waals surface area contributed by atoms with Gasteiger partial charge < -0.3 is 9.47 Å². The minimum atomic E-state index is -0.301. The summed E-state index contributed by atoms with van der Waals surface area (Å²) in [6.45, 7) is 0.259. The molecule has 1 heterocycles. The molecule has 21 heavy (non-hydrogen) atoms. The number of rotatable bonds is 6. The van der Waals surface area contributed by atoms with Gasteiger partial charge in [-0.1, -0.05) is 27.3 Å². The molecular weight excluding hydrogens is 426 g/mol. The van der Waals surface area contributed by atoms with Gasteiger partial charge in [-0.25, -0.2) is 0 Å². The van der Waals surface area contributed by atoms with Crippen molar-refractivity contribution in [3.63, 3.8) is 0 Å². The molecule has 0 saturated carbocycles. The maximum Gasteiger partial charge on any atom is 0.264 e. The summed E-state index contributed by atoms with van der Waals surface area (Å²) in [7, 11) is 1.57. The van der Waals surface area contributed by atoms with E-state index in [0.717, 1.165) is 8.95 Å². The summed E-state index contributed by atoms with van der Waals surface area (Å²) in [5.41, 5.74) is 0. The van der Waals surface area contributed by atoms with Crippen LogP contribution >= 0.6 is 43.2 Å². The maximum absolute atomic E-state index is 11.8. The summed E-state index contributed by atoms with van der Waals surface area (Å²) in [5.74, 6) is 0.288. The molecule has 1 aromatic heterocycles. The van der Waals surface area contributed by atoms with Crippen LogP contribution in [-0.2, 0) is 16.1 Å². The van der Waals surface area contributed by atoms with E-state index < -0.39 is 0 Å². The van der Waals surface area contributed by atoms with Crippen molar-refractivity contribution in [1.29, 1.82) is 0 Å². The van der Waals surface area contributed by atoms with Crippen LogP contribution in [0, 0.1) is 0 Å². The molecule has 9 heteroatoms. The van der Waals surface area contributed by atoms with Crippen LogP contribution in [0.3, 0.4) is 0 Å². The minimum Gasteiger partial charge on any atom is -0.483 e. The molecule has 1 amide bonds. The van der Waals surface area contributed by atoms with Crippen LogP contribution in [0.5, 0.6) is 5.75 Å². The molecule has 1 N–H and O–H groups in total. The zero-order chi connectivity index (χ0) is 15.2. The van der Waals surface area contributed by atoms with Crippen LogP contribution in [-0.4, -0.2) is 29.8 Å². The molecule has 2 rings (SSSR count). The van der Waals surface area contributed by atoms with Crippen LogP contribution < -0.4 is 10.1 Å². The number of carbonyl (C=O) groups excluding carboxylic acids is 1. The molecule has 1 aromatic carbocycles. The number of nitrogens with zero attached hydrogens (tertiary/aromatic N) is 2. The maximum atomic E-state index is 11.8. The Hall–Kier alpha value is -1.03. The van der Waals surface area contributed by atoms with Crippen molar-refractivity contribution in [3.8, 4) is 5.75 Å². The standard InChI is InChI=1S/C12H11Br2N3O3S/c1-19-6-11-16-17-12(21-11)15-10(18)5-20-9-3-2-7(13)4-8(9)14/h2-4H,5-6H2,1H3,(H,15,17,18). The summed E-state index contributed by atoms with van der Waals surface area (Å²) >= 11 is 7.97. The fraction of sp³-hybridized carbons (Fsp3) is 0.250. The van der Waals surface area contributed by atoms with Gasteiger partial charge in [0.2, 0.25) is 5.13 Å². The highest BCUT2D eigenvalue weighted by atomic mass is 79.9. The van der Waals surface area contributed by atoms with Crippen molar-refractivity contribution in [2.45, 2.75) is 6.61 Å². The first kappa shape index (κ1) is 16.3.